The Kier molecular flexibility index (Phi) is 3.32. The summed E-state index contributed by atoms with van der Waals surface area (Å²) in [6.45, 7) is 4.09. The van der Waals surface area contributed by atoms with Crippen molar-refractivity contribution >= 4 is 21.9 Å². The molecule has 0 amide bonds. The fourth-order valence-electron chi connectivity index (χ4n) is 1.32. The van der Waals surface area contributed by atoms with Gasteiger partial charge >= 0.3 is 5.97 Å². The van der Waals surface area contributed by atoms with Crippen molar-refractivity contribution in [2.75, 3.05) is 0 Å². The molecule has 1 aliphatic heterocycles. The summed E-state index contributed by atoms with van der Waals surface area (Å²) in [6, 6.07) is 0. The Morgan fingerprint density at radius 1 is 1.83 bits per heavy atom. The smallest absolute Gasteiger partial charge is 0.306 e. The van der Waals surface area contributed by atoms with E-state index in [1.165, 1.54) is 0 Å². The second-order valence-electron chi connectivity index (χ2n) is 3.09. The highest BCUT2D eigenvalue weighted by Gasteiger charge is 2.32. The number of carbonyl (C=O) groups excluding carboxylic acids is 1. The predicted octanol–water partition coefficient (Wildman–Crippen LogP) is 2.63. The van der Waals surface area contributed by atoms with E-state index in [-0.39, 0.29) is 12.1 Å². The Morgan fingerprint density at radius 2 is 2.50 bits per heavy atom. The van der Waals surface area contributed by atoms with Gasteiger partial charge in [-0.3, -0.25) is 4.79 Å². The molecule has 0 radical (unpaired) electrons. The standard InChI is InChI=1S/C9H13BrO2/c1-3-4-7(10)9-6(2)5-8(11)12-9/h4,6,9H,3,5H2,1-2H3/b7-4-/t6-,9-/m1/s1. The minimum Gasteiger partial charge on any atom is -0.457 e. The maximum atomic E-state index is 10.9. The first-order chi connectivity index (χ1) is 5.65. The van der Waals surface area contributed by atoms with Crippen molar-refractivity contribution in [2.24, 2.45) is 5.92 Å². The minimum atomic E-state index is -0.0889. The van der Waals surface area contributed by atoms with Gasteiger partial charge in [0, 0.05) is 10.4 Å². The van der Waals surface area contributed by atoms with Crippen LogP contribution in [-0.4, -0.2) is 12.1 Å². The van der Waals surface area contributed by atoms with Crippen molar-refractivity contribution in [3.05, 3.63) is 10.6 Å². The number of rotatable bonds is 2. The number of hydrogen-bond acceptors (Lipinski definition) is 2. The molecule has 1 heterocycles. The number of halogens is 1. The molecule has 0 unspecified atom stereocenters. The van der Waals surface area contributed by atoms with Gasteiger partial charge in [-0.2, -0.15) is 0 Å². The number of ether oxygens (including phenoxy) is 1. The Bertz CT molecular complexity index is 211. The molecule has 0 aromatic rings. The summed E-state index contributed by atoms with van der Waals surface area (Å²) in [4.78, 5) is 10.9. The molecule has 2 atom stereocenters. The summed E-state index contributed by atoms with van der Waals surface area (Å²) in [5.41, 5.74) is 0. The average molecular weight is 233 g/mol. The maximum absolute atomic E-state index is 10.9. The van der Waals surface area contributed by atoms with E-state index in [0.29, 0.717) is 12.3 Å². The molecule has 0 N–H and O–H groups in total. The molecule has 0 aliphatic carbocycles. The summed E-state index contributed by atoms with van der Waals surface area (Å²) in [5.74, 6) is 0.212. The first-order valence-electron chi connectivity index (χ1n) is 4.20. The third-order valence-electron chi connectivity index (χ3n) is 1.93. The lowest BCUT2D eigenvalue weighted by Gasteiger charge is -2.12. The average Bonchev–Trinajstić information content (AvgIpc) is 2.30. The molecular formula is C9H13BrO2. The van der Waals surface area contributed by atoms with Crippen molar-refractivity contribution in [1.82, 2.24) is 0 Å². The molecular weight excluding hydrogens is 220 g/mol. The molecule has 0 bridgehead atoms. The van der Waals surface area contributed by atoms with Crippen molar-refractivity contribution in [2.45, 2.75) is 32.8 Å². The van der Waals surface area contributed by atoms with Crippen LogP contribution in [0, 0.1) is 5.92 Å². The molecule has 0 aromatic heterocycles. The van der Waals surface area contributed by atoms with E-state index in [2.05, 4.69) is 22.9 Å². The van der Waals surface area contributed by atoms with Crippen molar-refractivity contribution in [1.29, 1.82) is 0 Å². The third kappa shape index (κ3) is 2.09. The molecule has 1 aliphatic rings. The van der Waals surface area contributed by atoms with Gasteiger partial charge < -0.3 is 4.74 Å². The molecule has 68 valence electrons. The molecule has 3 heteroatoms. The van der Waals surface area contributed by atoms with Crippen molar-refractivity contribution in [3.8, 4) is 0 Å². The van der Waals surface area contributed by atoms with Gasteiger partial charge in [-0.05, 0) is 6.42 Å². The Hall–Kier alpha value is -0.310. The summed E-state index contributed by atoms with van der Waals surface area (Å²) < 4.78 is 6.14. The highest BCUT2D eigenvalue weighted by atomic mass is 79.9. The molecule has 1 saturated heterocycles. The Balaban J connectivity index is 2.63. The van der Waals surface area contributed by atoms with Gasteiger partial charge in [-0.1, -0.05) is 35.9 Å². The molecule has 0 spiro atoms. The van der Waals surface area contributed by atoms with Gasteiger partial charge in [0.25, 0.3) is 0 Å². The maximum Gasteiger partial charge on any atom is 0.306 e. The highest BCUT2D eigenvalue weighted by Crippen LogP contribution is 2.30. The van der Waals surface area contributed by atoms with Crippen LogP contribution < -0.4 is 0 Å². The van der Waals surface area contributed by atoms with Crippen LogP contribution in [-0.2, 0) is 9.53 Å². The zero-order valence-corrected chi connectivity index (χ0v) is 8.93. The second kappa shape index (κ2) is 4.08. The van der Waals surface area contributed by atoms with Gasteiger partial charge in [0.15, 0.2) is 0 Å². The van der Waals surface area contributed by atoms with Gasteiger partial charge in [-0.15, -0.1) is 0 Å². The normalized spacial score (nSPS) is 30.6. The Labute approximate surface area is 81.1 Å². The lowest BCUT2D eigenvalue weighted by atomic mass is 10.0. The first kappa shape index (κ1) is 9.78. The van der Waals surface area contributed by atoms with Crippen LogP contribution in [0.4, 0.5) is 0 Å². The SMILES string of the molecule is CC/C=C(\Br)[C@@H]1OC(=O)C[C@H]1C. The van der Waals surface area contributed by atoms with E-state index in [4.69, 9.17) is 4.74 Å². The second-order valence-corrected chi connectivity index (χ2v) is 4.00. The topological polar surface area (TPSA) is 26.3 Å². The lowest BCUT2D eigenvalue weighted by Crippen LogP contribution is -2.13. The van der Waals surface area contributed by atoms with Gasteiger partial charge in [0.2, 0.25) is 0 Å². The van der Waals surface area contributed by atoms with Gasteiger partial charge in [-0.25, -0.2) is 0 Å². The van der Waals surface area contributed by atoms with E-state index < -0.39 is 0 Å². The quantitative estimate of drug-likeness (QED) is 0.685. The van der Waals surface area contributed by atoms with Crippen LogP contribution in [0.5, 0.6) is 0 Å². The number of carbonyl (C=O) groups is 1. The molecule has 0 saturated carbocycles. The molecule has 0 aromatic carbocycles. The van der Waals surface area contributed by atoms with E-state index in [1.807, 2.05) is 13.0 Å². The van der Waals surface area contributed by atoms with Crippen LogP contribution in [0.2, 0.25) is 0 Å². The van der Waals surface area contributed by atoms with Crippen LogP contribution in [0.15, 0.2) is 10.6 Å². The fourth-order valence-corrected chi connectivity index (χ4v) is 2.18. The largest absolute Gasteiger partial charge is 0.457 e. The van der Waals surface area contributed by atoms with E-state index >= 15 is 0 Å². The zero-order chi connectivity index (χ0) is 9.14. The fraction of sp³-hybridized carbons (Fsp3) is 0.667. The van der Waals surface area contributed by atoms with E-state index in [1.54, 1.807) is 0 Å². The summed E-state index contributed by atoms with van der Waals surface area (Å²) in [6.07, 6.45) is 3.50. The Morgan fingerprint density at radius 3 is 2.92 bits per heavy atom. The molecule has 1 fully saturated rings. The summed E-state index contributed by atoms with van der Waals surface area (Å²) in [5, 5.41) is 0. The van der Waals surface area contributed by atoms with Gasteiger partial charge in [0.1, 0.15) is 6.10 Å². The molecule has 2 nitrogen and oxygen atoms in total. The van der Waals surface area contributed by atoms with Crippen molar-refractivity contribution in [3.63, 3.8) is 0 Å². The molecule has 1 rings (SSSR count). The summed E-state index contributed by atoms with van der Waals surface area (Å²) in [7, 11) is 0. The number of cyclic esters (lactones) is 1. The van der Waals surface area contributed by atoms with Crippen molar-refractivity contribution < 1.29 is 9.53 Å². The molecule has 12 heavy (non-hydrogen) atoms. The third-order valence-corrected chi connectivity index (χ3v) is 2.71. The van der Waals surface area contributed by atoms with E-state index in [0.717, 1.165) is 10.9 Å². The zero-order valence-electron chi connectivity index (χ0n) is 7.34. The summed E-state index contributed by atoms with van der Waals surface area (Å²) >= 11 is 3.42. The van der Waals surface area contributed by atoms with Crippen LogP contribution in [0.1, 0.15) is 26.7 Å². The number of allylic oxidation sites excluding steroid dienone is 1. The van der Waals surface area contributed by atoms with Gasteiger partial charge in [0.05, 0.1) is 6.42 Å². The minimum absolute atomic E-state index is 0.0440. The lowest BCUT2D eigenvalue weighted by molar-refractivity contribution is -0.140. The van der Waals surface area contributed by atoms with Crippen LogP contribution in [0.25, 0.3) is 0 Å². The number of esters is 1. The van der Waals surface area contributed by atoms with Crippen LogP contribution >= 0.6 is 15.9 Å². The van der Waals surface area contributed by atoms with E-state index in [9.17, 15) is 4.79 Å². The van der Waals surface area contributed by atoms with Crippen LogP contribution in [0.3, 0.4) is 0 Å². The first-order valence-corrected chi connectivity index (χ1v) is 4.99. The predicted molar refractivity (Wildman–Crippen MR) is 51.0 cm³/mol. The monoisotopic (exact) mass is 232 g/mol. The number of hydrogen-bond donors (Lipinski definition) is 0. The highest BCUT2D eigenvalue weighted by molar-refractivity contribution is 9.11.